The van der Waals surface area contributed by atoms with E-state index >= 15 is 0 Å². The fourth-order valence-corrected chi connectivity index (χ4v) is 0.230. The predicted molar refractivity (Wildman–Crippen MR) is 29.7 cm³/mol. The van der Waals surface area contributed by atoms with Crippen LogP contribution in [0.3, 0.4) is 0 Å². The number of rotatable bonds is 2. The van der Waals surface area contributed by atoms with Gasteiger partial charge in [0.25, 0.3) is 0 Å². The molecule has 0 aliphatic heterocycles. The monoisotopic (exact) mass is 158 g/mol. The molecule has 3 nitrogen and oxygen atoms in total. The third-order valence-corrected chi connectivity index (χ3v) is 0.593. The number of nitrogens with zero attached hydrogens (tertiary/aromatic N) is 2. The second-order valence-corrected chi connectivity index (χ2v) is 1.15. The molecule has 0 saturated heterocycles. The first-order chi connectivity index (χ1) is 4.35. The zero-order chi connectivity index (χ0) is 7.11. The van der Waals surface area contributed by atoms with Crippen LogP contribution < -0.4 is 51.4 Å². The molecule has 0 aliphatic carbocycles. The molecule has 0 radical (unpaired) electrons. The average molecular weight is 158 g/mol. The van der Waals surface area contributed by atoms with E-state index in [-0.39, 0.29) is 57.0 Å². The van der Waals surface area contributed by atoms with Crippen molar-refractivity contribution in [2.45, 2.75) is 0 Å². The minimum atomic E-state index is -0.0449. The van der Waals surface area contributed by atoms with Crippen molar-refractivity contribution in [1.29, 1.82) is 10.5 Å². The van der Waals surface area contributed by atoms with Gasteiger partial charge in [0.2, 0.25) is 0 Å². The van der Waals surface area contributed by atoms with E-state index in [9.17, 15) is 4.79 Å². The summed E-state index contributed by atoms with van der Waals surface area (Å²) >= 11 is 0. The van der Waals surface area contributed by atoms with E-state index in [0.29, 0.717) is 6.29 Å². The first kappa shape index (κ1) is 12.6. The molecule has 4 heteroatoms. The van der Waals surface area contributed by atoms with Crippen LogP contribution in [0.25, 0.3) is 0 Å². The summed E-state index contributed by atoms with van der Waals surface area (Å²) in [4.78, 5) is 9.82. The zero-order valence-electron chi connectivity index (χ0n) is 5.53. The molecule has 0 aromatic carbocycles. The van der Waals surface area contributed by atoms with Gasteiger partial charge in [-0.15, -0.1) is 6.42 Å². The summed E-state index contributed by atoms with van der Waals surface area (Å²) in [5, 5.41) is 16.0. The van der Waals surface area contributed by atoms with Crippen LogP contribution in [0.1, 0.15) is 0 Å². The van der Waals surface area contributed by atoms with Gasteiger partial charge in [-0.25, -0.2) is 10.5 Å². The van der Waals surface area contributed by atoms with Crippen molar-refractivity contribution in [2.24, 2.45) is 0 Å². The molecule has 10 heavy (non-hydrogen) atoms. The smallest absolute Gasteiger partial charge is 0.318 e. The first-order valence-corrected chi connectivity index (χ1v) is 2.13. The van der Waals surface area contributed by atoms with Gasteiger partial charge in [-0.2, -0.15) is 6.08 Å². The van der Waals surface area contributed by atoms with E-state index in [4.69, 9.17) is 10.5 Å². The Hall–Kier alpha value is -0.104. The Morgan fingerprint density at radius 3 is 2.40 bits per heavy atom. The minimum Gasteiger partial charge on any atom is -0.318 e. The van der Waals surface area contributed by atoms with Gasteiger partial charge in [-0.3, -0.25) is 0 Å². The number of hydrogen-bond acceptors (Lipinski definition) is 3. The fourth-order valence-electron chi connectivity index (χ4n) is 0.230. The molecule has 0 N–H and O–H groups in total. The van der Waals surface area contributed by atoms with Crippen LogP contribution in [0.4, 0.5) is 0 Å². The van der Waals surface area contributed by atoms with Crippen molar-refractivity contribution >= 4 is 6.29 Å². The van der Waals surface area contributed by atoms with Gasteiger partial charge in [-0.1, -0.05) is 5.57 Å². The Morgan fingerprint density at radius 2 is 2.10 bits per heavy atom. The zero-order valence-corrected chi connectivity index (χ0v) is 8.66. The van der Waals surface area contributed by atoms with Gasteiger partial charge in [-0.05, 0) is 6.07 Å². The van der Waals surface area contributed by atoms with Crippen molar-refractivity contribution in [3.63, 3.8) is 0 Å². The molecule has 0 saturated carbocycles. The first-order valence-electron chi connectivity index (χ1n) is 2.13. The van der Waals surface area contributed by atoms with Crippen molar-refractivity contribution in [3.8, 4) is 12.1 Å². The maximum absolute atomic E-state index is 9.82. The largest absolute Gasteiger partial charge is 1.00 e. The number of aldehydes is 1. The molecule has 0 aromatic heterocycles. The van der Waals surface area contributed by atoms with E-state index in [1.165, 1.54) is 0 Å². The number of allylic oxidation sites excluding steroid dienone is 2. The van der Waals surface area contributed by atoms with Crippen LogP contribution in [0.5, 0.6) is 0 Å². The quantitative estimate of drug-likeness (QED) is 0.145. The summed E-state index contributed by atoms with van der Waals surface area (Å²) < 4.78 is 0. The normalized spacial score (nSPS) is 8.00. The second kappa shape index (κ2) is 8.90. The Kier molecular flexibility index (Phi) is 11.2. The van der Waals surface area contributed by atoms with Crippen LogP contribution in [0.2, 0.25) is 0 Å². The summed E-state index contributed by atoms with van der Waals surface area (Å²) in [5.74, 6) is 0. The molecule has 0 rings (SSSR count). The van der Waals surface area contributed by atoms with Gasteiger partial charge in [0.15, 0.2) is 0 Å². The van der Waals surface area contributed by atoms with E-state index in [2.05, 4.69) is 0 Å². The molecule has 0 amide bonds. The molecule has 0 unspecified atom stereocenters. The Balaban J connectivity index is 0. The Bertz CT molecular complexity index is 209. The predicted octanol–water partition coefficient (Wildman–Crippen LogP) is -2.63. The van der Waals surface area contributed by atoms with E-state index in [1.807, 2.05) is 0 Å². The van der Waals surface area contributed by atoms with Crippen LogP contribution in [-0.4, -0.2) is 6.29 Å². The third-order valence-electron chi connectivity index (χ3n) is 0.593. The number of nitriles is 2. The summed E-state index contributed by atoms with van der Waals surface area (Å²) in [5.41, 5.74) is -0.0449. The van der Waals surface area contributed by atoms with Gasteiger partial charge in [0, 0.05) is 6.07 Å². The van der Waals surface area contributed by atoms with Crippen molar-refractivity contribution in [1.82, 2.24) is 0 Å². The summed E-state index contributed by atoms with van der Waals surface area (Å²) in [6, 6.07) is 3.25. The summed E-state index contributed by atoms with van der Waals surface area (Å²) in [6.45, 7) is 0. The number of hydrogen-bond donors (Lipinski definition) is 0. The van der Waals surface area contributed by atoms with E-state index in [1.54, 1.807) is 12.1 Å². The molecule has 0 bridgehead atoms. The van der Waals surface area contributed by atoms with Gasteiger partial charge in [0.05, 0.1) is 6.29 Å². The van der Waals surface area contributed by atoms with Gasteiger partial charge >= 0.3 is 51.4 Å². The Labute approximate surface area is 102 Å². The second-order valence-electron chi connectivity index (χ2n) is 1.15. The standard InChI is InChI=1S/C6H3N2O.K/c7-3-1-2-6(4-8)5-9;/h1-2,5H;/q-1;+1/b6-2+;. The molecular formula is C6H3KN2O. The molecule has 0 aromatic rings. The molecular weight excluding hydrogens is 155 g/mol. The van der Waals surface area contributed by atoms with Crippen LogP contribution in [0, 0.1) is 29.1 Å². The summed E-state index contributed by atoms with van der Waals surface area (Å²) in [7, 11) is 0. The van der Waals surface area contributed by atoms with Crippen LogP contribution in [-0.2, 0) is 4.79 Å². The van der Waals surface area contributed by atoms with Gasteiger partial charge in [0.1, 0.15) is 0 Å². The van der Waals surface area contributed by atoms with E-state index < -0.39 is 0 Å². The topological polar surface area (TPSA) is 64.7 Å². The van der Waals surface area contributed by atoms with Crippen molar-refractivity contribution in [2.75, 3.05) is 0 Å². The molecule has 0 aliphatic rings. The van der Waals surface area contributed by atoms with Crippen molar-refractivity contribution < 1.29 is 56.2 Å². The van der Waals surface area contributed by atoms with Crippen LogP contribution in [0.15, 0.2) is 11.6 Å². The molecule has 0 heterocycles. The minimum absolute atomic E-state index is 0. The average Bonchev–Trinajstić information content (AvgIpc) is 1.91. The molecule has 0 fully saturated rings. The number of carbonyl (C=O) groups excluding carboxylic acids is 1. The van der Waals surface area contributed by atoms with Gasteiger partial charge < -0.3 is 4.79 Å². The fraction of sp³-hybridized carbons (Fsp3) is 0. The summed E-state index contributed by atoms with van der Waals surface area (Å²) in [6.07, 6.45) is 2.63. The number of carbonyl (C=O) groups is 1. The Morgan fingerprint density at radius 1 is 1.50 bits per heavy atom. The van der Waals surface area contributed by atoms with Crippen LogP contribution >= 0.6 is 0 Å². The molecule has 0 atom stereocenters. The SMILES string of the molecule is N#C[CH-]/C=C(\C#N)C=O.[K+]. The maximum atomic E-state index is 9.82. The van der Waals surface area contributed by atoms with Crippen molar-refractivity contribution in [3.05, 3.63) is 18.1 Å². The maximum Gasteiger partial charge on any atom is 1.00 e. The molecule has 0 spiro atoms. The molecule has 44 valence electrons. The van der Waals surface area contributed by atoms with E-state index in [0.717, 1.165) is 12.5 Å². The third kappa shape index (κ3) is 6.02.